The van der Waals surface area contributed by atoms with Gasteiger partial charge in [0.15, 0.2) is 18.2 Å². The molecule has 120 valence electrons. The molecule has 0 fully saturated rings. The van der Waals surface area contributed by atoms with Gasteiger partial charge in [-0.1, -0.05) is 6.07 Å². The number of rotatable bonds is 5. The average Bonchev–Trinajstić information content (AvgIpc) is 2.55. The van der Waals surface area contributed by atoms with E-state index >= 15 is 0 Å². The first-order valence-corrected chi connectivity index (χ1v) is 6.69. The van der Waals surface area contributed by atoms with Crippen LogP contribution in [0.4, 0.5) is 14.5 Å². The summed E-state index contributed by atoms with van der Waals surface area (Å²) in [6, 6.07) is 9.33. The van der Waals surface area contributed by atoms with Crippen molar-refractivity contribution in [3.63, 3.8) is 0 Å². The Morgan fingerprint density at radius 1 is 1.09 bits per heavy atom. The van der Waals surface area contributed by atoms with E-state index in [1.807, 2.05) is 0 Å². The summed E-state index contributed by atoms with van der Waals surface area (Å²) in [6.45, 7) is -0.380. The highest BCUT2D eigenvalue weighted by molar-refractivity contribution is 5.97. The molecule has 2 rings (SSSR count). The number of anilines is 1. The minimum atomic E-state index is -1.05. The predicted octanol–water partition coefficient (Wildman–Crippen LogP) is 2.34. The predicted molar refractivity (Wildman–Crippen MR) is 80.3 cm³/mol. The molecule has 0 unspecified atom stereocenters. The van der Waals surface area contributed by atoms with Crippen molar-refractivity contribution in [3.05, 3.63) is 59.7 Å². The van der Waals surface area contributed by atoms with Gasteiger partial charge in [-0.2, -0.15) is 0 Å². The van der Waals surface area contributed by atoms with E-state index in [2.05, 4.69) is 10.6 Å². The Bertz CT molecular complexity index is 735. The van der Waals surface area contributed by atoms with Crippen LogP contribution in [0.1, 0.15) is 10.4 Å². The Morgan fingerprint density at radius 3 is 2.57 bits per heavy atom. The molecule has 5 nitrogen and oxygen atoms in total. The van der Waals surface area contributed by atoms with Gasteiger partial charge in [0.05, 0.1) is 0 Å². The van der Waals surface area contributed by atoms with Crippen molar-refractivity contribution in [1.82, 2.24) is 5.32 Å². The summed E-state index contributed by atoms with van der Waals surface area (Å²) in [5.41, 5.74) is 0.816. The van der Waals surface area contributed by atoms with Gasteiger partial charge in [-0.05, 0) is 30.3 Å². The van der Waals surface area contributed by atoms with E-state index in [0.29, 0.717) is 11.3 Å². The summed E-state index contributed by atoms with van der Waals surface area (Å²) in [4.78, 5) is 23.3. The molecule has 0 aliphatic heterocycles. The van der Waals surface area contributed by atoms with Crippen LogP contribution in [0, 0.1) is 11.6 Å². The molecular weight excluding hydrogens is 306 g/mol. The van der Waals surface area contributed by atoms with Gasteiger partial charge in [-0.15, -0.1) is 0 Å². The minimum Gasteiger partial charge on any atom is -0.484 e. The van der Waals surface area contributed by atoms with Crippen molar-refractivity contribution in [2.24, 2.45) is 0 Å². The fraction of sp³-hybridized carbons (Fsp3) is 0.125. The van der Waals surface area contributed by atoms with Crippen LogP contribution in [0.2, 0.25) is 0 Å². The maximum atomic E-state index is 13.0. The van der Waals surface area contributed by atoms with E-state index in [1.54, 1.807) is 18.2 Å². The third kappa shape index (κ3) is 4.50. The Labute approximate surface area is 131 Å². The molecular formula is C16H14F2N2O3. The molecule has 0 saturated carbocycles. The molecule has 2 aromatic rings. The molecule has 0 aromatic heterocycles. The molecule has 0 spiro atoms. The standard InChI is InChI=1S/C16H14F2N2O3/c1-19-16(22)10-3-2-4-11(7-10)20-15(21)9-23-12-5-6-13(17)14(18)8-12/h2-8H,9H2,1H3,(H,19,22)(H,20,21). The molecule has 0 aliphatic carbocycles. The van der Waals surface area contributed by atoms with Gasteiger partial charge in [0.2, 0.25) is 0 Å². The highest BCUT2D eigenvalue weighted by Gasteiger charge is 2.08. The minimum absolute atomic E-state index is 0.0400. The van der Waals surface area contributed by atoms with Crippen molar-refractivity contribution in [2.75, 3.05) is 19.0 Å². The monoisotopic (exact) mass is 320 g/mol. The lowest BCUT2D eigenvalue weighted by molar-refractivity contribution is -0.118. The Balaban J connectivity index is 1.94. The number of carbonyl (C=O) groups excluding carboxylic acids is 2. The quantitative estimate of drug-likeness (QED) is 0.888. The lowest BCUT2D eigenvalue weighted by atomic mass is 10.2. The van der Waals surface area contributed by atoms with Crippen LogP contribution in [-0.4, -0.2) is 25.5 Å². The maximum Gasteiger partial charge on any atom is 0.262 e. The first-order valence-electron chi connectivity index (χ1n) is 6.69. The first kappa shape index (κ1) is 16.4. The fourth-order valence-corrected chi connectivity index (χ4v) is 1.80. The van der Waals surface area contributed by atoms with E-state index < -0.39 is 17.5 Å². The molecule has 0 bridgehead atoms. The summed E-state index contributed by atoms with van der Waals surface area (Å²) in [7, 11) is 1.50. The zero-order chi connectivity index (χ0) is 16.8. The summed E-state index contributed by atoms with van der Waals surface area (Å²) in [5.74, 6) is -2.78. The second-order valence-corrected chi connectivity index (χ2v) is 4.57. The van der Waals surface area contributed by atoms with Crippen molar-refractivity contribution >= 4 is 17.5 Å². The lowest BCUT2D eigenvalue weighted by Crippen LogP contribution is -2.21. The van der Waals surface area contributed by atoms with Crippen LogP contribution >= 0.6 is 0 Å². The number of hydrogen-bond donors (Lipinski definition) is 2. The summed E-state index contributed by atoms with van der Waals surface area (Å²) >= 11 is 0. The van der Waals surface area contributed by atoms with E-state index in [1.165, 1.54) is 19.2 Å². The molecule has 23 heavy (non-hydrogen) atoms. The number of amides is 2. The molecule has 0 aliphatic rings. The molecule has 0 saturated heterocycles. The van der Waals surface area contributed by atoms with Gasteiger partial charge in [-0.3, -0.25) is 9.59 Å². The van der Waals surface area contributed by atoms with Gasteiger partial charge in [-0.25, -0.2) is 8.78 Å². The van der Waals surface area contributed by atoms with Gasteiger partial charge >= 0.3 is 0 Å². The van der Waals surface area contributed by atoms with Gasteiger partial charge < -0.3 is 15.4 Å². The Morgan fingerprint density at radius 2 is 1.87 bits per heavy atom. The number of carbonyl (C=O) groups is 2. The number of ether oxygens (including phenoxy) is 1. The number of benzene rings is 2. The highest BCUT2D eigenvalue weighted by atomic mass is 19.2. The number of hydrogen-bond acceptors (Lipinski definition) is 3. The van der Waals surface area contributed by atoms with Crippen LogP contribution in [0.3, 0.4) is 0 Å². The number of nitrogens with one attached hydrogen (secondary N) is 2. The second kappa shape index (κ2) is 7.35. The molecule has 0 atom stereocenters. The third-order valence-corrected chi connectivity index (χ3v) is 2.90. The summed E-state index contributed by atoms with van der Waals surface area (Å²) < 4.78 is 30.9. The van der Waals surface area contributed by atoms with E-state index in [9.17, 15) is 18.4 Å². The highest BCUT2D eigenvalue weighted by Crippen LogP contribution is 2.15. The van der Waals surface area contributed by atoms with Crippen LogP contribution in [0.5, 0.6) is 5.75 Å². The van der Waals surface area contributed by atoms with Gasteiger partial charge in [0, 0.05) is 24.4 Å². The van der Waals surface area contributed by atoms with Crippen molar-refractivity contribution < 1.29 is 23.1 Å². The van der Waals surface area contributed by atoms with Crippen molar-refractivity contribution in [3.8, 4) is 5.75 Å². The molecule has 0 radical (unpaired) electrons. The zero-order valence-corrected chi connectivity index (χ0v) is 12.2. The Hall–Kier alpha value is -2.96. The summed E-state index contributed by atoms with van der Waals surface area (Å²) in [5, 5.41) is 5.02. The lowest BCUT2D eigenvalue weighted by Gasteiger charge is -2.09. The Kier molecular flexibility index (Phi) is 5.24. The third-order valence-electron chi connectivity index (χ3n) is 2.90. The molecule has 2 amide bonds. The average molecular weight is 320 g/mol. The maximum absolute atomic E-state index is 13.0. The van der Waals surface area contributed by atoms with Crippen LogP contribution in [-0.2, 0) is 4.79 Å². The summed E-state index contributed by atoms with van der Waals surface area (Å²) in [6.07, 6.45) is 0. The molecule has 2 aromatic carbocycles. The van der Waals surface area contributed by atoms with E-state index in [4.69, 9.17) is 4.74 Å². The molecule has 2 N–H and O–H groups in total. The normalized spacial score (nSPS) is 10.0. The number of halogens is 2. The SMILES string of the molecule is CNC(=O)c1cccc(NC(=O)COc2ccc(F)c(F)c2)c1. The van der Waals surface area contributed by atoms with Crippen LogP contribution in [0.15, 0.2) is 42.5 Å². The molecule has 0 heterocycles. The topological polar surface area (TPSA) is 67.4 Å². The largest absolute Gasteiger partial charge is 0.484 e. The van der Waals surface area contributed by atoms with Gasteiger partial charge in [0.25, 0.3) is 11.8 Å². The van der Waals surface area contributed by atoms with Crippen molar-refractivity contribution in [2.45, 2.75) is 0 Å². The second-order valence-electron chi connectivity index (χ2n) is 4.57. The smallest absolute Gasteiger partial charge is 0.262 e. The fourth-order valence-electron chi connectivity index (χ4n) is 1.80. The molecule has 7 heteroatoms. The van der Waals surface area contributed by atoms with Crippen molar-refractivity contribution in [1.29, 1.82) is 0 Å². The van der Waals surface area contributed by atoms with E-state index in [-0.39, 0.29) is 18.3 Å². The van der Waals surface area contributed by atoms with Crippen LogP contribution < -0.4 is 15.4 Å². The van der Waals surface area contributed by atoms with E-state index in [0.717, 1.165) is 12.1 Å². The van der Waals surface area contributed by atoms with Gasteiger partial charge in [0.1, 0.15) is 5.75 Å². The zero-order valence-electron chi connectivity index (χ0n) is 12.2. The first-order chi connectivity index (χ1) is 11.0. The van der Waals surface area contributed by atoms with Crippen LogP contribution in [0.25, 0.3) is 0 Å².